The van der Waals surface area contributed by atoms with E-state index in [0.717, 1.165) is 20.8 Å². The number of hydrogen-bond donors (Lipinski definition) is 1. The van der Waals surface area contributed by atoms with Gasteiger partial charge in [0.25, 0.3) is 0 Å². The minimum atomic E-state index is -0.0438. The molecule has 9 nitrogen and oxygen atoms in total. The molecule has 0 aliphatic carbocycles. The predicted molar refractivity (Wildman–Crippen MR) is 115 cm³/mol. The van der Waals surface area contributed by atoms with E-state index in [0.29, 0.717) is 37.7 Å². The van der Waals surface area contributed by atoms with Crippen LogP contribution in [0.5, 0.6) is 11.5 Å². The predicted octanol–water partition coefficient (Wildman–Crippen LogP) is 1.47. The molecule has 0 saturated carbocycles. The van der Waals surface area contributed by atoms with Crippen LogP contribution in [-0.4, -0.2) is 72.7 Å². The lowest BCUT2D eigenvalue weighted by molar-refractivity contribution is -0.126. The fourth-order valence-electron chi connectivity index (χ4n) is 3.00. The molecule has 0 unspecified atom stereocenters. The van der Waals surface area contributed by atoms with Crippen molar-refractivity contribution in [3.05, 3.63) is 29.8 Å². The zero-order chi connectivity index (χ0) is 20.9. The number of thioether (sulfide) groups is 1. The van der Waals surface area contributed by atoms with Gasteiger partial charge in [-0.2, -0.15) is 0 Å². The molecule has 158 valence electrons. The van der Waals surface area contributed by atoms with Crippen molar-refractivity contribution in [2.75, 3.05) is 50.7 Å². The number of rotatable bonds is 6. The monoisotopic (exact) mass is 447 g/mol. The Morgan fingerprint density at radius 3 is 2.80 bits per heavy atom. The Kier molecular flexibility index (Phi) is 6.38. The highest BCUT2D eigenvalue weighted by Crippen LogP contribution is 2.33. The van der Waals surface area contributed by atoms with Crippen LogP contribution in [0, 0.1) is 0 Å². The van der Waals surface area contributed by atoms with Crippen molar-refractivity contribution < 1.29 is 19.1 Å². The van der Waals surface area contributed by atoms with E-state index in [2.05, 4.69) is 20.4 Å². The van der Waals surface area contributed by atoms with Crippen LogP contribution in [0.3, 0.4) is 0 Å². The SMILES string of the molecule is CNC(=O)CSc1nnc(N2CCN(C(=O)C=Cc3ccc4c(c3)OCO4)CC2)s1. The van der Waals surface area contributed by atoms with Crippen LogP contribution >= 0.6 is 23.1 Å². The average molecular weight is 448 g/mol. The van der Waals surface area contributed by atoms with E-state index in [4.69, 9.17) is 9.47 Å². The third-order valence-electron chi connectivity index (χ3n) is 4.68. The molecule has 1 fully saturated rings. The Bertz CT molecular complexity index is 956. The number of amides is 2. The Balaban J connectivity index is 1.27. The Labute approximate surface area is 182 Å². The number of fused-ring (bicyclic) bond motifs is 1. The average Bonchev–Trinajstić information content (AvgIpc) is 3.45. The Morgan fingerprint density at radius 2 is 2.00 bits per heavy atom. The first-order valence-corrected chi connectivity index (χ1v) is 11.2. The maximum absolute atomic E-state index is 12.5. The molecule has 0 radical (unpaired) electrons. The molecule has 2 aromatic rings. The summed E-state index contributed by atoms with van der Waals surface area (Å²) >= 11 is 2.84. The summed E-state index contributed by atoms with van der Waals surface area (Å²) in [6.07, 6.45) is 3.38. The number of carbonyl (C=O) groups excluding carboxylic acids is 2. The molecule has 2 amide bonds. The van der Waals surface area contributed by atoms with Gasteiger partial charge in [0.1, 0.15) is 0 Å². The molecule has 2 aliphatic heterocycles. The molecule has 3 heterocycles. The van der Waals surface area contributed by atoms with Gasteiger partial charge in [0.2, 0.25) is 23.7 Å². The molecule has 1 aromatic carbocycles. The van der Waals surface area contributed by atoms with Crippen LogP contribution in [0.4, 0.5) is 5.13 Å². The Morgan fingerprint density at radius 1 is 1.20 bits per heavy atom. The summed E-state index contributed by atoms with van der Waals surface area (Å²) in [5.41, 5.74) is 0.891. The van der Waals surface area contributed by atoms with Crippen LogP contribution in [-0.2, 0) is 9.59 Å². The molecular weight excluding hydrogens is 426 g/mol. The van der Waals surface area contributed by atoms with Crippen molar-refractivity contribution in [1.82, 2.24) is 20.4 Å². The molecule has 0 bridgehead atoms. The lowest BCUT2D eigenvalue weighted by Crippen LogP contribution is -2.48. The molecule has 0 spiro atoms. The summed E-state index contributed by atoms with van der Waals surface area (Å²) in [5, 5.41) is 11.8. The van der Waals surface area contributed by atoms with Crippen LogP contribution in [0.15, 0.2) is 28.6 Å². The summed E-state index contributed by atoms with van der Waals surface area (Å²) in [4.78, 5) is 27.8. The highest BCUT2D eigenvalue weighted by molar-refractivity contribution is 8.01. The van der Waals surface area contributed by atoms with Crippen molar-refractivity contribution in [1.29, 1.82) is 0 Å². The molecule has 1 saturated heterocycles. The van der Waals surface area contributed by atoms with Crippen molar-refractivity contribution in [2.24, 2.45) is 0 Å². The highest BCUT2D eigenvalue weighted by atomic mass is 32.2. The van der Waals surface area contributed by atoms with E-state index >= 15 is 0 Å². The van der Waals surface area contributed by atoms with E-state index in [9.17, 15) is 9.59 Å². The largest absolute Gasteiger partial charge is 0.454 e. The zero-order valence-electron chi connectivity index (χ0n) is 16.4. The lowest BCUT2D eigenvalue weighted by Gasteiger charge is -2.33. The molecule has 2 aliphatic rings. The molecule has 30 heavy (non-hydrogen) atoms. The van der Waals surface area contributed by atoms with Crippen LogP contribution in [0.2, 0.25) is 0 Å². The Hall–Kier alpha value is -2.79. The topological polar surface area (TPSA) is 96.9 Å². The number of anilines is 1. The van der Waals surface area contributed by atoms with Gasteiger partial charge in [-0.3, -0.25) is 9.59 Å². The standard InChI is InChI=1S/C19H21N5O4S2/c1-20-16(25)11-29-19-22-21-18(30-19)24-8-6-23(7-9-24)17(26)5-3-13-2-4-14-15(10-13)28-12-27-14/h2-5,10H,6-9,11-12H2,1H3,(H,20,25). The maximum atomic E-state index is 12.5. The van der Waals surface area contributed by atoms with Gasteiger partial charge in [-0.15, -0.1) is 10.2 Å². The third kappa shape index (κ3) is 4.85. The molecule has 11 heteroatoms. The summed E-state index contributed by atoms with van der Waals surface area (Å²) in [6.45, 7) is 2.85. The van der Waals surface area contributed by atoms with Gasteiger partial charge in [-0.05, 0) is 23.8 Å². The first-order valence-electron chi connectivity index (χ1n) is 9.41. The minimum absolute atomic E-state index is 0.0218. The number of ether oxygens (including phenoxy) is 2. The smallest absolute Gasteiger partial charge is 0.246 e. The second kappa shape index (κ2) is 9.35. The number of hydrogen-bond acceptors (Lipinski definition) is 9. The fraction of sp³-hybridized carbons (Fsp3) is 0.368. The first-order chi connectivity index (χ1) is 14.6. The van der Waals surface area contributed by atoms with Crippen LogP contribution in [0.1, 0.15) is 5.56 Å². The summed E-state index contributed by atoms with van der Waals surface area (Å²) in [7, 11) is 1.61. The summed E-state index contributed by atoms with van der Waals surface area (Å²) in [6, 6.07) is 5.60. The maximum Gasteiger partial charge on any atom is 0.246 e. The molecule has 1 N–H and O–H groups in total. The lowest BCUT2D eigenvalue weighted by atomic mass is 10.2. The quantitative estimate of drug-likeness (QED) is 0.525. The summed E-state index contributed by atoms with van der Waals surface area (Å²) < 4.78 is 11.4. The van der Waals surface area contributed by atoms with E-state index in [1.54, 1.807) is 19.2 Å². The van der Waals surface area contributed by atoms with Gasteiger partial charge in [0, 0.05) is 39.3 Å². The number of nitrogens with zero attached hydrogens (tertiary/aromatic N) is 4. The number of nitrogens with one attached hydrogen (secondary N) is 1. The second-order valence-corrected chi connectivity index (χ2v) is 8.75. The van der Waals surface area contributed by atoms with Crippen molar-refractivity contribution in [3.8, 4) is 11.5 Å². The highest BCUT2D eigenvalue weighted by Gasteiger charge is 2.22. The van der Waals surface area contributed by atoms with Gasteiger partial charge in [-0.1, -0.05) is 29.2 Å². The van der Waals surface area contributed by atoms with E-state index in [1.807, 2.05) is 23.1 Å². The van der Waals surface area contributed by atoms with Gasteiger partial charge >= 0.3 is 0 Å². The van der Waals surface area contributed by atoms with Gasteiger partial charge in [0.05, 0.1) is 5.75 Å². The van der Waals surface area contributed by atoms with Crippen molar-refractivity contribution in [3.63, 3.8) is 0 Å². The van der Waals surface area contributed by atoms with Gasteiger partial charge in [0.15, 0.2) is 15.8 Å². The number of benzene rings is 1. The van der Waals surface area contributed by atoms with Crippen LogP contribution in [0.25, 0.3) is 6.08 Å². The number of piperazine rings is 1. The molecule has 1 aromatic heterocycles. The van der Waals surface area contributed by atoms with Crippen molar-refractivity contribution in [2.45, 2.75) is 4.34 Å². The zero-order valence-corrected chi connectivity index (χ0v) is 18.0. The fourth-order valence-corrected chi connectivity index (χ4v) is 4.76. The normalized spacial score (nSPS) is 15.6. The molecule has 0 atom stereocenters. The minimum Gasteiger partial charge on any atom is -0.454 e. The second-order valence-electron chi connectivity index (χ2n) is 6.57. The van der Waals surface area contributed by atoms with Crippen molar-refractivity contribution >= 4 is 46.1 Å². The molecular formula is C19H21N5O4S2. The number of carbonyl (C=O) groups is 2. The van der Waals surface area contributed by atoms with Gasteiger partial charge in [-0.25, -0.2) is 0 Å². The van der Waals surface area contributed by atoms with Gasteiger partial charge < -0.3 is 24.6 Å². The number of aromatic nitrogens is 2. The van der Waals surface area contributed by atoms with Crippen LogP contribution < -0.4 is 19.7 Å². The van der Waals surface area contributed by atoms with E-state index in [1.165, 1.54) is 23.1 Å². The molecule has 4 rings (SSSR count). The third-order valence-corrected chi connectivity index (χ3v) is 6.80. The first kappa shape index (κ1) is 20.5. The summed E-state index contributed by atoms with van der Waals surface area (Å²) in [5.74, 6) is 1.68. The van der Waals surface area contributed by atoms with E-state index in [-0.39, 0.29) is 18.6 Å². The van der Waals surface area contributed by atoms with E-state index < -0.39 is 0 Å².